The second-order valence-electron chi connectivity index (χ2n) is 6.67. The molecule has 0 aromatic heterocycles. The van der Waals surface area contributed by atoms with Crippen LogP contribution in [0.3, 0.4) is 0 Å². The van der Waals surface area contributed by atoms with Crippen LogP contribution in [-0.2, 0) is 0 Å². The van der Waals surface area contributed by atoms with Gasteiger partial charge in [-0.25, -0.2) is 0 Å². The van der Waals surface area contributed by atoms with Crippen molar-refractivity contribution in [2.75, 3.05) is 6.54 Å². The molecule has 3 rings (SSSR count). The third-order valence-electron chi connectivity index (χ3n) is 5.34. The normalized spacial score (nSPS) is 29.1. The first-order valence-electron chi connectivity index (χ1n) is 8.14. The fourth-order valence-corrected chi connectivity index (χ4v) is 3.95. The van der Waals surface area contributed by atoms with Crippen molar-refractivity contribution in [1.82, 2.24) is 4.90 Å². The van der Waals surface area contributed by atoms with Gasteiger partial charge in [0.05, 0.1) is 6.10 Å². The van der Waals surface area contributed by atoms with Crippen LogP contribution in [0, 0.1) is 19.8 Å². The average molecular weight is 287 g/mol. The minimum atomic E-state index is -0.219. The van der Waals surface area contributed by atoms with Crippen molar-refractivity contribution in [2.24, 2.45) is 5.92 Å². The molecule has 1 amide bonds. The number of benzene rings is 1. The molecule has 1 aliphatic heterocycles. The van der Waals surface area contributed by atoms with E-state index in [1.165, 1.54) is 5.56 Å². The summed E-state index contributed by atoms with van der Waals surface area (Å²) in [5.74, 6) is 0.419. The number of nitrogens with zero attached hydrogens (tertiary/aromatic N) is 1. The van der Waals surface area contributed by atoms with Crippen molar-refractivity contribution in [3.8, 4) is 0 Å². The zero-order chi connectivity index (χ0) is 15.0. The topological polar surface area (TPSA) is 40.5 Å². The molecule has 21 heavy (non-hydrogen) atoms. The maximum Gasteiger partial charge on any atom is 0.254 e. The Bertz CT molecular complexity index is 540. The predicted octanol–water partition coefficient (Wildman–Crippen LogP) is 3.07. The number of rotatable bonds is 2. The molecular weight excluding hydrogens is 262 g/mol. The van der Waals surface area contributed by atoms with Gasteiger partial charge < -0.3 is 10.0 Å². The van der Waals surface area contributed by atoms with Gasteiger partial charge in [-0.3, -0.25) is 4.79 Å². The first kappa shape index (κ1) is 14.6. The Kier molecular flexibility index (Phi) is 4.03. The number of likely N-dealkylation sites (tertiary alicyclic amines) is 1. The molecule has 3 heteroatoms. The van der Waals surface area contributed by atoms with Crippen LogP contribution in [0.1, 0.15) is 53.6 Å². The molecule has 1 aromatic carbocycles. The van der Waals surface area contributed by atoms with Gasteiger partial charge in [0, 0.05) is 24.1 Å². The van der Waals surface area contributed by atoms with Gasteiger partial charge >= 0.3 is 0 Å². The van der Waals surface area contributed by atoms with Crippen molar-refractivity contribution in [3.63, 3.8) is 0 Å². The third kappa shape index (κ3) is 2.71. The number of aliphatic hydroxyl groups excluding tert-OH is 1. The van der Waals surface area contributed by atoms with Gasteiger partial charge in [-0.2, -0.15) is 0 Å². The molecule has 1 saturated carbocycles. The molecule has 1 aliphatic carbocycles. The number of amides is 1. The summed E-state index contributed by atoms with van der Waals surface area (Å²) < 4.78 is 0. The SMILES string of the molecule is Cc1ccc(C(=O)N2CCCC2C2CCCC2O)cc1C. The Morgan fingerprint density at radius 2 is 1.95 bits per heavy atom. The first-order valence-corrected chi connectivity index (χ1v) is 8.14. The molecule has 2 aliphatic rings. The van der Waals surface area contributed by atoms with Crippen molar-refractivity contribution >= 4 is 5.91 Å². The largest absolute Gasteiger partial charge is 0.393 e. The zero-order valence-electron chi connectivity index (χ0n) is 13.0. The van der Waals surface area contributed by atoms with Crippen LogP contribution in [0.15, 0.2) is 18.2 Å². The van der Waals surface area contributed by atoms with Crippen LogP contribution in [-0.4, -0.2) is 34.6 Å². The lowest BCUT2D eigenvalue weighted by atomic mass is 9.93. The number of hydrogen-bond acceptors (Lipinski definition) is 2. The standard InChI is InChI=1S/C18H25NO2/c1-12-8-9-14(11-13(12)2)18(21)19-10-4-6-16(19)15-5-3-7-17(15)20/h8-9,11,15-17,20H,3-7,10H2,1-2H3. The summed E-state index contributed by atoms with van der Waals surface area (Å²) in [6, 6.07) is 6.19. The summed E-state index contributed by atoms with van der Waals surface area (Å²) in [5, 5.41) is 10.2. The minimum absolute atomic E-state index is 0.139. The zero-order valence-corrected chi connectivity index (χ0v) is 13.0. The van der Waals surface area contributed by atoms with Crippen LogP contribution >= 0.6 is 0 Å². The summed E-state index contributed by atoms with van der Waals surface area (Å²) in [6.07, 6.45) is 4.93. The van der Waals surface area contributed by atoms with E-state index in [9.17, 15) is 9.90 Å². The molecule has 2 fully saturated rings. The van der Waals surface area contributed by atoms with Crippen LogP contribution < -0.4 is 0 Å². The Labute approximate surface area is 127 Å². The lowest BCUT2D eigenvalue weighted by Crippen LogP contribution is -2.42. The van der Waals surface area contributed by atoms with Crippen molar-refractivity contribution in [2.45, 2.75) is 58.1 Å². The van der Waals surface area contributed by atoms with E-state index in [0.717, 1.165) is 49.8 Å². The van der Waals surface area contributed by atoms with E-state index in [4.69, 9.17) is 0 Å². The van der Waals surface area contributed by atoms with Crippen molar-refractivity contribution < 1.29 is 9.90 Å². The Morgan fingerprint density at radius 1 is 1.14 bits per heavy atom. The van der Waals surface area contributed by atoms with Gasteiger partial charge in [-0.05, 0) is 62.8 Å². The highest BCUT2D eigenvalue weighted by Gasteiger charge is 2.40. The van der Waals surface area contributed by atoms with E-state index < -0.39 is 0 Å². The van der Waals surface area contributed by atoms with E-state index in [0.29, 0.717) is 0 Å². The number of carbonyl (C=O) groups is 1. The van der Waals surface area contributed by atoms with Gasteiger partial charge in [-0.15, -0.1) is 0 Å². The van der Waals surface area contributed by atoms with Gasteiger partial charge in [0.1, 0.15) is 0 Å². The molecule has 1 saturated heterocycles. The summed E-state index contributed by atoms with van der Waals surface area (Å²) in [6.45, 7) is 4.95. The van der Waals surface area contributed by atoms with E-state index in [1.807, 2.05) is 30.0 Å². The van der Waals surface area contributed by atoms with Crippen LogP contribution in [0.2, 0.25) is 0 Å². The fraction of sp³-hybridized carbons (Fsp3) is 0.611. The predicted molar refractivity (Wildman–Crippen MR) is 83.3 cm³/mol. The highest BCUT2D eigenvalue weighted by Crippen LogP contribution is 2.36. The van der Waals surface area contributed by atoms with Gasteiger partial charge in [0.25, 0.3) is 5.91 Å². The molecule has 3 atom stereocenters. The average Bonchev–Trinajstić information content (AvgIpc) is 3.09. The molecular formula is C18H25NO2. The molecule has 3 unspecified atom stereocenters. The van der Waals surface area contributed by atoms with Gasteiger partial charge in [-0.1, -0.05) is 12.5 Å². The van der Waals surface area contributed by atoms with E-state index in [2.05, 4.69) is 6.92 Å². The van der Waals surface area contributed by atoms with Gasteiger partial charge in [0.15, 0.2) is 0 Å². The minimum Gasteiger partial charge on any atom is -0.393 e. The molecule has 0 radical (unpaired) electrons. The first-order chi connectivity index (χ1) is 10.1. The van der Waals surface area contributed by atoms with Gasteiger partial charge in [0.2, 0.25) is 0 Å². The number of aliphatic hydroxyl groups is 1. The highest BCUT2D eigenvalue weighted by molar-refractivity contribution is 5.95. The molecule has 3 nitrogen and oxygen atoms in total. The quantitative estimate of drug-likeness (QED) is 0.908. The summed E-state index contributed by atoms with van der Waals surface area (Å²) in [4.78, 5) is 14.8. The molecule has 1 N–H and O–H groups in total. The Balaban J connectivity index is 1.81. The van der Waals surface area contributed by atoms with Crippen LogP contribution in [0.25, 0.3) is 0 Å². The van der Waals surface area contributed by atoms with E-state index in [-0.39, 0.29) is 24.0 Å². The molecule has 1 aromatic rings. The lowest BCUT2D eigenvalue weighted by Gasteiger charge is -2.31. The monoisotopic (exact) mass is 287 g/mol. The van der Waals surface area contributed by atoms with Crippen molar-refractivity contribution in [1.29, 1.82) is 0 Å². The summed E-state index contributed by atoms with van der Waals surface area (Å²) in [5.41, 5.74) is 3.17. The second kappa shape index (κ2) is 5.80. The molecule has 114 valence electrons. The lowest BCUT2D eigenvalue weighted by molar-refractivity contribution is 0.0528. The maximum atomic E-state index is 12.8. The second-order valence-corrected chi connectivity index (χ2v) is 6.67. The Hall–Kier alpha value is -1.35. The summed E-state index contributed by atoms with van der Waals surface area (Å²) >= 11 is 0. The van der Waals surface area contributed by atoms with Crippen LogP contribution in [0.4, 0.5) is 0 Å². The molecule has 0 spiro atoms. The number of aryl methyl sites for hydroxylation is 2. The van der Waals surface area contributed by atoms with E-state index in [1.54, 1.807) is 0 Å². The maximum absolute atomic E-state index is 12.8. The molecule has 1 heterocycles. The van der Waals surface area contributed by atoms with Crippen molar-refractivity contribution in [3.05, 3.63) is 34.9 Å². The number of hydrogen-bond donors (Lipinski definition) is 1. The summed E-state index contributed by atoms with van der Waals surface area (Å²) in [7, 11) is 0. The fourth-order valence-electron chi connectivity index (χ4n) is 3.95. The third-order valence-corrected chi connectivity index (χ3v) is 5.34. The highest BCUT2D eigenvalue weighted by atomic mass is 16.3. The van der Waals surface area contributed by atoms with Crippen LogP contribution in [0.5, 0.6) is 0 Å². The smallest absolute Gasteiger partial charge is 0.254 e. The number of carbonyl (C=O) groups excluding carboxylic acids is 1. The van der Waals surface area contributed by atoms with E-state index >= 15 is 0 Å². The molecule has 0 bridgehead atoms. The Morgan fingerprint density at radius 3 is 2.62 bits per heavy atom.